The molecule has 6 heteroatoms. The van der Waals surface area contributed by atoms with Crippen molar-refractivity contribution in [3.8, 4) is 6.07 Å². The van der Waals surface area contributed by atoms with Crippen molar-refractivity contribution in [3.05, 3.63) is 0 Å². The second-order valence-electron chi connectivity index (χ2n) is 5.63. The summed E-state index contributed by atoms with van der Waals surface area (Å²) in [5.41, 5.74) is -0.916. The number of nitrogens with one attached hydrogen (secondary N) is 1. The van der Waals surface area contributed by atoms with Crippen LogP contribution in [0.25, 0.3) is 0 Å². The third kappa shape index (κ3) is 2.51. The van der Waals surface area contributed by atoms with Crippen molar-refractivity contribution in [2.75, 3.05) is 11.5 Å². The van der Waals surface area contributed by atoms with E-state index < -0.39 is 15.3 Å². The van der Waals surface area contributed by atoms with Gasteiger partial charge in [-0.05, 0) is 31.6 Å². The molecule has 18 heavy (non-hydrogen) atoms. The van der Waals surface area contributed by atoms with Gasteiger partial charge in [-0.2, -0.15) is 5.26 Å². The van der Waals surface area contributed by atoms with Gasteiger partial charge in [0.15, 0.2) is 9.84 Å². The van der Waals surface area contributed by atoms with Crippen LogP contribution in [0.2, 0.25) is 0 Å². The molecule has 1 saturated heterocycles. The van der Waals surface area contributed by atoms with E-state index in [2.05, 4.69) is 11.4 Å². The molecule has 1 heterocycles. The van der Waals surface area contributed by atoms with E-state index in [4.69, 9.17) is 5.26 Å². The Morgan fingerprint density at radius 1 is 1.44 bits per heavy atom. The van der Waals surface area contributed by atoms with E-state index in [1.165, 1.54) is 0 Å². The fourth-order valence-electron chi connectivity index (χ4n) is 2.92. The highest BCUT2D eigenvalue weighted by atomic mass is 32.2. The molecule has 5 nitrogen and oxygen atoms in total. The summed E-state index contributed by atoms with van der Waals surface area (Å²) < 4.78 is 23.0. The summed E-state index contributed by atoms with van der Waals surface area (Å²) >= 11 is 0. The summed E-state index contributed by atoms with van der Waals surface area (Å²) in [4.78, 5) is 12.1. The van der Waals surface area contributed by atoms with Gasteiger partial charge >= 0.3 is 0 Å². The number of nitrogens with zero attached hydrogens (tertiary/aromatic N) is 1. The van der Waals surface area contributed by atoms with Crippen LogP contribution in [-0.2, 0) is 14.6 Å². The molecule has 2 fully saturated rings. The van der Waals surface area contributed by atoms with Gasteiger partial charge in [0, 0.05) is 6.04 Å². The highest BCUT2D eigenvalue weighted by Crippen LogP contribution is 2.45. The minimum atomic E-state index is -3.03. The van der Waals surface area contributed by atoms with Crippen LogP contribution < -0.4 is 5.32 Å². The minimum Gasteiger partial charge on any atom is -0.351 e. The summed E-state index contributed by atoms with van der Waals surface area (Å²) in [5, 5.41) is 11.9. The predicted molar refractivity (Wildman–Crippen MR) is 66.3 cm³/mol. The van der Waals surface area contributed by atoms with Crippen LogP contribution in [0.3, 0.4) is 0 Å². The van der Waals surface area contributed by atoms with E-state index in [-0.39, 0.29) is 23.5 Å². The van der Waals surface area contributed by atoms with Crippen LogP contribution in [0, 0.1) is 22.7 Å². The number of sulfone groups is 1. The van der Waals surface area contributed by atoms with E-state index >= 15 is 0 Å². The normalized spacial score (nSPS) is 38.2. The van der Waals surface area contributed by atoms with Gasteiger partial charge in [-0.15, -0.1) is 0 Å². The van der Waals surface area contributed by atoms with Crippen molar-refractivity contribution in [1.82, 2.24) is 5.32 Å². The van der Waals surface area contributed by atoms with Gasteiger partial charge in [0.25, 0.3) is 0 Å². The molecular formula is C12H18N2O3S. The van der Waals surface area contributed by atoms with Gasteiger partial charge in [-0.1, -0.05) is 6.92 Å². The SMILES string of the molecule is CC1CC(C#N)(C(=O)NC2CCCS(=O)(=O)C2)C1. The maximum atomic E-state index is 12.1. The number of hydrogen-bond acceptors (Lipinski definition) is 4. The second kappa shape index (κ2) is 4.54. The molecule has 1 aliphatic carbocycles. The van der Waals surface area contributed by atoms with Crippen LogP contribution in [0.15, 0.2) is 0 Å². The Kier molecular flexibility index (Phi) is 3.37. The number of nitriles is 1. The fourth-order valence-corrected chi connectivity index (χ4v) is 4.55. The summed E-state index contributed by atoms with van der Waals surface area (Å²) in [6.45, 7) is 2.01. The molecule has 1 atom stereocenters. The van der Waals surface area contributed by atoms with Crippen molar-refractivity contribution in [1.29, 1.82) is 5.26 Å². The molecule has 2 aliphatic rings. The van der Waals surface area contributed by atoms with Crippen molar-refractivity contribution >= 4 is 15.7 Å². The zero-order chi connectivity index (χ0) is 13.4. The Morgan fingerprint density at radius 3 is 2.61 bits per heavy atom. The maximum Gasteiger partial charge on any atom is 0.240 e. The van der Waals surface area contributed by atoms with Crippen molar-refractivity contribution in [2.24, 2.45) is 11.3 Å². The van der Waals surface area contributed by atoms with Gasteiger partial charge in [0.1, 0.15) is 5.41 Å². The molecule has 1 unspecified atom stereocenters. The maximum absolute atomic E-state index is 12.1. The van der Waals surface area contributed by atoms with Gasteiger partial charge in [-0.3, -0.25) is 4.79 Å². The van der Waals surface area contributed by atoms with E-state index in [1.54, 1.807) is 0 Å². The molecule has 0 aromatic carbocycles. The third-order valence-corrected chi connectivity index (χ3v) is 5.66. The van der Waals surface area contributed by atoms with Crippen molar-refractivity contribution in [2.45, 2.75) is 38.6 Å². The van der Waals surface area contributed by atoms with Crippen LogP contribution >= 0.6 is 0 Å². The van der Waals surface area contributed by atoms with E-state index in [0.29, 0.717) is 31.6 Å². The number of carbonyl (C=O) groups is 1. The molecular weight excluding hydrogens is 252 g/mol. The molecule has 1 amide bonds. The molecule has 0 aromatic heterocycles. The van der Waals surface area contributed by atoms with Crippen LogP contribution in [0.5, 0.6) is 0 Å². The summed E-state index contributed by atoms with van der Waals surface area (Å²) in [6, 6.07) is 1.77. The Bertz CT molecular complexity index is 486. The fraction of sp³-hybridized carbons (Fsp3) is 0.833. The Morgan fingerprint density at radius 2 is 2.11 bits per heavy atom. The first-order valence-electron chi connectivity index (χ1n) is 6.29. The molecule has 2 rings (SSSR count). The quantitative estimate of drug-likeness (QED) is 0.797. The van der Waals surface area contributed by atoms with Crippen molar-refractivity contribution < 1.29 is 13.2 Å². The first-order chi connectivity index (χ1) is 8.37. The number of carbonyl (C=O) groups excluding carboxylic acids is 1. The molecule has 0 aromatic rings. The van der Waals surface area contributed by atoms with Gasteiger partial charge < -0.3 is 5.32 Å². The lowest BCUT2D eigenvalue weighted by Gasteiger charge is -2.40. The standard InChI is InChI=1S/C12H18N2O3S/c1-9-5-12(6-9,8-13)11(15)14-10-3-2-4-18(16,17)7-10/h9-10H,2-7H2,1H3,(H,14,15). The lowest BCUT2D eigenvalue weighted by molar-refractivity contribution is -0.134. The van der Waals surface area contributed by atoms with E-state index in [9.17, 15) is 13.2 Å². The molecule has 1 aliphatic heterocycles. The van der Waals surface area contributed by atoms with Gasteiger partial charge in [-0.25, -0.2) is 8.42 Å². The first kappa shape index (κ1) is 13.3. The lowest BCUT2D eigenvalue weighted by atomic mass is 9.63. The zero-order valence-electron chi connectivity index (χ0n) is 10.5. The highest BCUT2D eigenvalue weighted by molar-refractivity contribution is 7.91. The first-order valence-corrected chi connectivity index (χ1v) is 8.12. The molecule has 1 saturated carbocycles. The van der Waals surface area contributed by atoms with Gasteiger partial charge in [0.05, 0.1) is 17.6 Å². The molecule has 1 N–H and O–H groups in total. The average molecular weight is 270 g/mol. The monoisotopic (exact) mass is 270 g/mol. The van der Waals surface area contributed by atoms with Crippen molar-refractivity contribution in [3.63, 3.8) is 0 Å². The average Bonchev–Trinajstić information content (AvgIpc) is 2.22. The van der Waals surface area contributed by atoms with E-state index in [1.807, 2.05) is 6.92 Å². The van der Waals surface area contributed by atoms with E-state index in [0.717, 1.165) is 0 Å². The molecule has 0 bridgehead atoms. The van der Waals surface area contributed by atoms with Crippen LogP contribution in [0.4, 0.5) is 0 Å². The summed E-state index contributed by atoms with van der Waals surface area (Å²) in [7, 11) is -3.03. The largest absolute Gasteiger partial charge is 0.351 e. The Balaban J connectivity index is 1.98. The summed E-state index contributed by atoms with van der Waals surface area (Å²) in [6.07, 6.45) is 2.43. The third-order valence-electron chi connectivity index (χ3n) is 3.84. The Hall–Kier alpha value is -1.09. The second-order valence-corrected chi connectivity index (χ2v) is 7.86. The van der Waals surface area contributed by atoms with Gasteiger partial charge in [0.2, 0.25) is 5.91 Å². The minimum absolute atomic E-state index is 0.00972. The lowest BCUT2D eigenvalue weighted by Crippen LogP contribution is -2.53. The summed E-state index contributed by atoms with van der Waals surface area (Å²) in [5.74, 6) is 0.325. The molecule has 0 radical (unpaired) electrons. The molecule has 100 valence electrons. The number of hydrogen-bond donors (Lipinski definition) is 1. The smallest absolute Gasteiger partial charge is 0.240 e. The number of amides is 1. The topological polar surface area (TPSA) is 87.0 Å². The van der Waals surface area contributed by atoms with Crippen LogP contribution in [-0.4, -0.2) is 31.9 Å². The zero-order valence-corrected chi connectivity index (χ0v) is 11.3. The number of rotatable bonds is 2. The molecule has 0 spiro atoms. The predicted octanol–water partition coefficient (Wildman–Crippen LogP) is 0.620. The van der Waals surface area contributed by atoms with Crippen LogP contribution in [0.1, 0.15) is 32.6 Å². The highest BCUT2D eigenvalue weighted by Gasteiger charge is 2.49. The Labute approximate surface area is 107 Å².